The molecule has 1 atom stereocenters. The highest BCUT2D eigenvalue weighted by atomic mass is 35.5. The van der Waals surface area contributed by atoms with Crippen LogP contribution in [0.5, 0.6) is 0 Å². The molecule has 0 saturated heterocycles. The van der Waals surface area contributed by atoms with Crippen LogP contribution in [0.15, 0.2) is 18.2 Å². The Morgan fingerprint density at radius 3 is 2.73 bits per heavy atom. The summed E-state index contributed by atoms with van der Waals surface area (Å²) in [6.45, 7) is 2.17. The number of halogens is 3. The molecule has 0 saturated carbocycles. The summed E-state index contributed by atoms with van der Waals surface area (Å²) in [4.78, 5) is 0. The van der Waals surface area contributed by atoms with Gasteiger partial charge in [-0.2, -0.15) is 11.8 Å². The Kier molecular flexibility index (Phi) is 6.21. The van der Waals surface area contributed by atoms with Crippen LogP contribution in [0.25, 0.3) is 0 Å². The summed E-state index contributed by atoms with van der Waals surface area (Å²) in [7, 11) is 0. The summed E-state index contributed by atoms with van der Waals surface area (Å²) in [5.41, 5.74) is 1.09. The van der Waals surface area contributed by atoms with Crippen LogP contribution in [0.3, 0.4) is 0 Å². The van der Waals surface area contributed by atoms with Crippen molar-refractivity contribution in [1.29, 1.82) is 0 Å². The maximum absolute atomic E-state index is 6.06. The Hall–Kier alpha value is 0.440. The lowest BCUT2D eigenvalue weighted by Gasteiger charge is -2.10. The van der Waals surface area contributed by atoms with E-state index in [1.807, 2.05) is 23.9 Å². The third kappa shape index (κ3) is 4.86. The van der Waals surface area contributed by atoms with Gasteiger partial charge in [0.05, 0.1) is 0 Å². The van der Waals surface area contributed by atoms with Crippen molar-refractivity contribution in [3.8, 4) is 0 Å². The van der Waals surface area contributed by atoms with Crippen LogP contribution in [-0.2, 0) is 5.75 Å². The molecular weight excluding hydrogens is 271 g/mol. The smallest absolute Gasteiger partial charge is 0.0447 e. The molecule has 0 amide bonds. The second-order valence-electron chi connectivity index (χ2n) is 3.34. The minimum Gasteiger partial charge on any atom is -0.154 e. The van der Waals surface area contributed by atoms with Gasteiger partial charge in [-0.1, -0.05) is 30.1 Å². The van der Waals surface area contributed by atoms with Crippen molar-refractivity contribution in [2.75, 3.05) is 5.88 Å². The monoisotopic (exact) mass is 282 g/mol. The lowest BCUT2D eigenvalue weighted by atomic mass is 10.2. The van der Waals surface area contributed by atoms with Crippen LogP contribution in [0.1, 0.15) is 18.9 Å². The van der Waals surface area contributed by atoms with E-state index in [0.717, 1.165) is 27.8 Å². The molecular formula is C11H13Cl3S. The fourth-order valence-electron chi connectivity index (χ4n) is 1.12. The molecule has 0 aliphatic heterocycles. The largest absolute Gasteiger partial charge is 0.154 e. The molecule has 4 heteroatoms. The fraction of sp³-hybridized carbons (Fsp3) is 0.455. The molecule has 0 nitrogen and oxygen atoms in total. The van der Waals surface area contributed by atoms with Crippen LogP contribution < -0.4 is 0 Å². The van der Waals surface area contributed by atoms with Crippen LogP contribution >= 0.6 is 46.6 Å². The van der Waals surface area contributed by atoms with Gasteiger partial charge in [-0.15, -0.1) is 11.6 Å². The Labute approximate surface area is 110 Å². The minimum absolute atomic E-state index is 0.553. The van der Waals surface area contributed by atoms with E-state index in [9.17, 15) is 0 Å². The van der Waals surface area contributed by atoms with E-state index in [1.54, 1.807) is 6.07 Å². The predicted octanol–water partition coefficient (Wildman–Crippen LogP) is 5.24. The molecule has 1 aromatic rings. The average Bonchev–Trinajstić information content (AvgIpc) is 2.20. The third-order valence-electron chi connectivity index (χ3n) is 2.05. The molecule has 0 N–H and O–H groups in total. The average molecular weight is 284 g/mol. The van der Waals surface area contributed by atoms with Gasteiger partial charge < -0.3 is 0 Å². The summed E-state index contributed by atoms with van der Waals surface area (Å²) < 4.78 is 0. The zero-order valence-electron chi connectivity index (χ0n) is 8.47. The number of benzene rings is 1. The van der Waals surface area contributed by atoms with E-state index >= 15 is 0 Å². The van der Waals surface area contributed by atoms with Gasteiger partial charge in [0, 0.05) is 26.9 Å². The van der Waals surface area contributed by atoms with Gasteiger partial charge in [0.15, 0.2) is 0 Å². The van der Waals surface area contributed by atoms with Gasteiger partial charge >= 0.3 is 0 Å². The van der Waals surface area contributed by atoms with Gasteiger partial charge in [0.25, 0.3) is 0 Å². The molecule has 0 radical (unpaired) electrons. The van der Waals surface area contributed by atoms with Crippen molar-refractivity contribution in [3.05, 3.63) is 33.8 Å². The molecule has 0 aliphatic rings. The molecule has 0 heterocycles. The Bertz CT molecular complexity index is 315. The first-order valence-electron chi connectivity index (χ1n) is 4.75. The molecule has 0 fully saturated rings. The van der Waals surface area contributed by atoms with Gasteiger partial charge in [0.2, 0.25) is 0 Å². The highest BCUT2D eigenvalue weighted by molar-refractivity contribution is 7.99. The predicted molar refractivity (Wildman–Crippen MR) is 72.6 cm³/mol. The second kappa shape index (κ2) is 6.90. The normalized spacial score (nSPS) is 12.8. The number of thioether (sulfide) groups is 1. The first-order valence-corrected chi connectivity index (χ1v) is 7.09. The fourth-order valence-corrected chi connectivity index (χ4v) is 3.03. The second-order valence-corrected chi connectivity index (χ2v) is 5.98. The van der Waals surface area contributed by atoms with E-state index in [2.05, 4.69) is 6.92 Å². The Balaban J connectivity index is 2.53. The summed E-state index contributed by atoms with van der Waals surface area (Å²) in [6, 6.07) is 5.57. The molecule has 0 aromatic heterocycles. The molecule has 1 aromatic carbocycles. The van der Waals surface area contributed by atoms with Crippen LogP contribution in [-0.4, -0.2) is 11.1 Å². The highest BCUT2D eigenvalue weighted by Crippen LogP contribution is 2.27. The van der Waals surface area contributed by atoms with Crippen molar-refractivity contribution in [3.63, 3.8) is 0 Å². The summed E-state index contributed by atoms with van der Waals surface area (Å²) in [5, 5.41) is 2.07. The van der Waals surface area contributed by atoms with Crippen molar-refractivity contribution in [1.82, 2.24) is 0 Å². The van der Waals surface area contributed by atoms with Gasteiger partial charge in [-0.3, -0.25) is 0 Å². The Morgan fingerprint density at radius 2 is 2.07 bits per heavy atom. The van der Waals surface area contributed by atoms with Crippen LogP contribution in [0, 0.1) is 0 Å². The van der Waals surface area contributed by atoms with Gasteiger partial charge in [-0.05, 0) is 30.2 Å². The standard InChI is InChI=1S/C11H13Cl3S/c1-8(4-5-12)15-7-9-6-10(13)2-3-11(9)14/h2-3,6,8H,4-5,7H2,1H3. The first kappa shape index (κ1) is 13.5. The molecule has 84 valence electrons. The highest BCUT2D eigenvalue weighted by Gasteiger charge is 2.05. The number of hydrogen-bond acceptors (Lipinski definition) is 1. The lowest BCUT2D eigenvalue weighted by Crippen LogP contribution is -1.97. The van der Waals surface area contributed by atoms with Crippen LogP contribution in [0.2, 0.25) is 10.0 Å². The van der Waals surface area contributed by atoms with Crippen molar-refractivity contribution >= 4 is 46.6 Å². The van der Waals surface area contributed by atoms with Crippen molar-refractivity contribution in [2.24, 2.45) is 0 Å². The minimum atomic E-state index is 0.553. The molecule has 0 spiro atoms. The molecule has 1 unspecified atom stereocenters. The maximum Gasteiger partial charge on any atom is 0.0447 e. The van der Waals surface area contributed by atoms with E-state index in [-0.39, 0.29) is 0 Å². The first-order chi connectivity index (χ1) is 7.13. The van der Waals surface area contributed by atoms with E-state index in [1.165, 1.54) is 0 Å². The molecule has 0 aliphatic carbocycles. The topological polar surface area (TPSA) is 0 Å². The summed E-state index contributed by atoms with van der Waals surface area (Å²) in [5.74, 6) is 1.59. The van der Waals surface area contributed by atoms with Crippen molar-refractivity contribution < 1.29 is 0 Å². The third-order valence-corrected chi connectivity index (χ3v) is 4.15. The Morgan fingerprint density at radius 1 is 1.33 bits per heavy atom. The quantitative estimate of drug-likeness (QED) is 0.666. The van der Waals surface area contributed by atoms with E-state index < -0.39 is 0 Å². The van der Waals surface area contributed by atoms with Gasteiger partial charge in [0.1, 0.15) is 0 Å². The van der Waals surface area contributed by atoms with Crippen LogP contribution in [0.4, 0.5) is 0 Å². The zero-order chi connectivity index (χ0) is 11.3. The molecule has 1 rings (SSSR count). The molecule has 15 heavy (non-hydrogen) atoms. The number of alkyl halides is 1. The van der Waals surface area contributed by atoms with Crippen molar-refractivity contribution in [2.45, 2.75) is 24.3 Å². The van der Waals surface area contributed by atoms with Gasteiger partial charge in [-0.25, -0.2) is 0 Å². The number of rotatable bonds is 5. The maximum atomic E-state index is 6.06. The van der Waals surface area contributed by atoms with E-state index in [4.69, 9.17) is 34.8 Å². The summed E-state index contributed by atoms with van der Waals surface area (Å²) >= 11 is 19.5. The lowest BCUT2D eigenvalue weighted by molar-refractivity contribution is 0.912. The zero-order valence-corrected chi connectivity index (χ0v) is 11.6. The summed E-state index contributed by atoms with van der Waals surface area (Å²) in [6.07, 6.45) is 1.02. The SMILES string of the molecule is CC(CCCl)SCc1cc(Cl)ccc1Cl. The van der Waals surface area contributed by atoms with E-state index in [0.29, 0.717) is 11.1 Å². The molecule has 0 bridgehead atoms. The number of hydrogen-bond donors (Lipinski definition) is 0.